The third-order valence-corrected chi connectivity index (χ3v) is 6.52. The monoisotopic (exact) mass is 485 g/mol. The number of aliphatic hydroxyl groups is 2. The number of carbonyl (C=O) groups excluding carboxylic acids is 1. The van der Waals surface area contributed by atoms with Crippen LogP contribution in [0.3, 0.4) is 0 Å². The second-order valence-electron chi connectivity index (χ2n) is 8.78. The van der Waals surface area contributed by atoms with Crippen LogP contribution >= 0.6 is 0 Å². The van der Waals surface area contributed by atoms with E-state index < -0.39 is 41.9 Å². The van der Waals surface area contributed by atoms with E-state index in [-0.39, 0.29) is 18.0 Å². The van der Waals surface area contributed by atoms with E-state index in [4.69, 9.17) is 4.74 Å². The molecule has 0 aromatic heterocycles. The van der Waals surface area contributed by atoms with Gasteiger partial charge in [-0.2, -0.15) is 0 Å². The van der Waals surface area contributed by atoms with E-state index in [1.807, 2.05) is 6.92 Å². The average molecular weight is 486 g/mol. The van der Waals surface area contributed by atoms with Crippen molar-refractivity contribution in [3.63, 3.8) is 0 Å². The Morgan fingerprint density at radius 2 is 1.66 bits per heavy atom. The fourth-order valence-electron chi connectivity index (χ4n) is 4.53. The molecule has 3 aromatic rings. The Balaban J connectivity index is 1.53. The lowest BCUT2D eigenvalue weighted by atomic mass is 9.83. The third kappa shape index (κ3) is 5.18. The Kier molecular flexibility index (Phi) is 7.14. The maximum absolute atomic E-state index is 14.1. The summed E-state index contributed by atoms with van der Waals surface area (Å²) in [5, 5.41) is 19.5. The Morgan fingerprint density at radius 1 is 1.00 bits per heavy atom. The molecule has 0 spiro atoms. The first-order valence-corrected chi connectivity index (χ1v) is 11.3. The average Bonchev–Trinajstić information content (AvgIpc) is 2.84. The quantitative estimate of drug-likeness (QED) is 0.476. The minimum Gasteiger partial charge on any atom is -0.438 e. The van der Waals surface area contributed by atoms with Gasteiger partial charge in [-0.15, -0.1) is 0 Å². The number of carbonyl (C=O) groups is 1. The molecule has 184 valence electrons. The first-order chi connectivity index (χ1) is 16.7. The molecule has 1 aliphatic heterocycles. The van der Waals surface area contributed by atoms with Gasteiger partial charge in [0, 0.05) is 31.0 Å². The van der Waals surface area contributed by atoms with Crippen molar-refractivity contribution in [3.05, 3.63) is 95.3 Å². The van der Waals surface area contributed by atoms with E-state index in [0.29, 0.717) is 24.1 Å². The molecule has 1 aliphatic rings. The number of nitrogens with zero attached hydrogens (tertiary/aromatic N) is 1. The molecular formula is C27H26F3NO4. The summed E-state index contributed by atoms with van der Waals surface area (Å²) in [4.78, 5) is 14.6. The summed E-state index contributed by atoms with van der Waals surface area (Å²) in [6, 6.07) is 15.5. The van der Waals surface area contributed by atoms with E-state index in [1.54, 1.807) is 29.2 Å². The molecule has 0 saturated carbocycles. The fourth-order valence-corrected chi connectivity index (χ4v) is 4.53. The lowest BCUT2D eigenvalue weighted by Gasteiger charge is -2.44. The van der Waals surface area contributed by atoms with Crippen molar-refractivity contribution in [2.24, 2.45) is 0 Å². The van der Waals surface area contributed by atoms with E-state index in [2.05, 4.69) is 0 Å². The molecule has 35 heavy (non-hydrogen) atoms. The second-order valence-corrected chi connectivity index (χ2v) is 8.78. The highest BCUT2D eigenvalue weighted by molar-refractivity contribution is 5.70. The topological polar surface area (TPSA) is 70.0 Å². The fraction of sp³-hybridized carbons (Fsp3) is 0.296. The van der Waals surface area contributed by atoms with Crippen LogP contribution in [0.15, 0.2) is 66.7 Å². The Labute approximate surface area is 201 Å². The molecule has 0 radical (unpaired) electrons. The van der Waals surface area contributed by atoms with Crippen molar-refractivity contribution in [2.75, 3.05) is 13.2 Å². The highest BCUT2D eigenvalue weighted by Gasteiger charge is 2.44. The van der Waals surface area contributed by atoms with Gasteiger partial charge in [0.1, 0.15) is 23.1 Å². The number of cyclic esters (lactones) is 1. The zero-order valence-corrected chi connectivity index (χ0v) is 19.1. The largest absolute Gasteiger partial charge is 0.438 e. The Bertz CT molecular complexity index is 1190. The molecule has 1 amide bonds. The Morgan fingerprint density at radius 3 is 2.26 bits per heavy atom. The van der Waals surface area contributed by atoms with E-state index in [1.165, 1.54) is 36.4 Å². The number of ether oxygens (including phenoxy) is 1. The molecule has 1 unspecified atom stereocenters. The van der Waals surface area contributed by atoms with Crippen molar-refractivity contribution in [1.29, 1.82) is 0 Å². The van der Waals surface area contributed by atoms with Crippen LogP contribution in [0.5, 0.6) is 0 Å². The molecule has 3 aromatic carbocycles. The van der Waals surface area contributed by atoms with Crippen LogP contribution < -0.4 is 0 Å². The summed E-state index contributed by atoms with van der Waals surface area (Å²) >= 11 is 0. The second kappa shape index (κ2) is 10.1. The first-order valence-electron chi connectivity index (χ1n) is 11.3. The van der Waals surface area contributed by atoms with Crippen molar-refractivity contribution >= 4 is 6.09 Å². The number of hydrogen-bond donors (Lipinski definition) is 2. The maximum atomic E-state index is 14.1. The minimum atomic E-state index is -1.20. The highest BCUT2D eigenvalue weighted by Crippen LogP contribution is 2.40. The van der Waals surface area contributed by atoms with Crippen molar-refractivity contribution < 1.29 is 32.9 Å². The molecule has 0 bridgehead atoms. The summed E-state index contributed by atoms with van der Waals surface area (Å²) in [6.45, 7) is 1.63. The summed E-state index contributed by atoms with van der Waals surface area (Å²) in [6.07, 6.45) is -1.42. The zero-order chi connectivity index (χ0) is 25.2. The predicted molar refractivity (Wildman–Crippen MR) is 124 cm³/mol. The number of amides is 1. The molecule has 8 heteroatoms. The van der Waals surface area contributed by atoms with Crippen LogP contribution in [0.1, 0.15) is 36.9 Å². The standard InChI is InChI=1S/C27H26F3NO4/c1-17(18-2-4-19(5-3-18)24-11-10-22(29)14-25(24)30)31-13-12-27(35-26(31)34,15-23(33)16-32)20-6-8-21(28)9-7-20/h2-11,14,17,23,32-33H,12-13,15-16H2,1H3/t17?,23-,27-/m0/s1. The number of halogens is 3. The molecule has 5 nitrogen and oxygen atoms in total. The van der Waals surface area contributed by atoms with Gasteiger partial charge in [-0.3, -0.25) is 0 Å². The van der Waals surface area contributed by atoms with E-state index >= 15 is 0 Å². The molecule has 3 atom stereocenters. The third-order valence-electron chi connectivity index (χ3n) is 6.52. The summed E-state index contributed by atoms with van der Waals surface area (Å²) in [5.74, 6) is -1.75. The molecule has 1 heterocycles. The summed E-state index contributed by atoms with van der Waals surface area (Å²) in [7, 11) is 0. The van der Waals surface area contributed by atoms with Crippen molar-refractivity contribution in [1.82, 2.24) is 4.90 Å². The van der Waals surface area contributed by atoms with Gasteiger partial charge in [0.15, 0.2) is 0 Å². The molecule has 1 fully saturated rings. The number of aliphatic hydroxyl groups excluding tert-OH is 2. The summed E-state index contributed by atoms with van der Waals surface area (Å²) < 4.78 is 46.7. The SMILES string of the molecule is CC(c1ccc(-c2ccc(F)cc2F)cc1)N1CC[C@](C[C@H](O)CO)(c2ccc(F)cc2)OC1=O. The summed E-state index contributed by atoms with van der Waals surface area (Å²) in [5.41, 5.74) is 0.978. The Hall–Kier alpha value is -3.36. The van der Waals surface area contributed by atoms with Crippen LogP contribution in [0.4, 0.5) is 18.0 Å². The molecule has 2 N–H and O–H groups in total. The van der Waals surface area contributed by atoms with Crippen molar-refractivity contribution in [3.8, 4) is 11.1 Å². The number of rotatable bonds is 7. The van der Waals surface area contributed by atoms with Gasteiger partial charge in [0.2, 0.25) is 0 Å². The van der Waals surface area contributed by atoms with Gasteiger partial charge < -0.3 is 19.8 Å². The van der Waals surface area contributed by atoms with E-state index in [9.17, 15) is 28.2 Å². The number of hydrogen-bond acceptors (Lipinski definition) is 4. The van der Waals surface area contributed by atoms with Gasteiger partial charge in [0.05, 0.1) is 18.8 Å². The van der Waals surface area contributed by atoms with Gasteiger partial charge in [-0.05, 0) is 47.9 Å². The van der Waals surface area contributed by atoms with Gasteiger partial charge in [-0.1, -0.05) is 36.4 Å². The van der Waals surface area contributed by atoms with Gasteiger partial charge in [-0.25, -0.2) is 18.0 Å². The lowest BCUT2D eigenvalue weighted by molar-refractivity contribution is -0.0892. The molecule has 4 rings (SSSR count). The smallest absolute Gasteiger partial charge is 0.411 e. The first kappa shape index (κ1) is 24.8. The maximum Gasteiger partial charge on any atom is 0.411 e. The van der Waals surface area contributed by atoms with Crippen LogP contribution in [-0.4, -0.2) is 40.5 Å². The number of benzene rings is 3. The van der Waals surface area contributed by atoms with Gasteiger partial charge >= 0.3 is 6.09 Å². The normalized spacial score (nSPS) is 19.8. The zero-order valence-electron chi connectivity index (χ0n) is 19.1. The van der Waals surface area contributed by atoms with Crippen LogP contribution in [0.2, 0.25) is 0 Å². The molecular weight excluding hydrogens is 459 g/mol. The van der Waals surface area contributed by atoms with Gasteiger partial charge in [0.25, 0.3) is 0 Å². The van der Waals surface area contributed by atoms with Crippen molar-refractivity contribution in [2.45, 2.75) is 37.5 Å². The van der Waals surface area contributed by atoms with E-state index in [0.717, 1.165) is 11.6 Å². The lowest BCUT2D eigenvalue weighted by Crippen LogP contribution is -2.50. The van der Waals surface area contributed by atoms with Crippen LogP contribution in [0, 0.1) is 17.5 Å². The predicted octanol–water partition coefficient (Wildman–Crippen LogP) is 5.31. The minimum absolute atomic E-state index is 0.0268. The molecule has 0 aliphatic carbocycles. The highest BCUT2D eigenvalue weighted by atomic mass is 19.1. The van der Waals surface area contributed by atoms with Crippen LogP contribution in [0.25, 0.3) is 11.1 Å². The molecule has 1 saturated heterocycles. The van der Waals surface area contributed by atoms with Crippen LogP contribution in [-0.2, 0) is 10.3 Å².